The molecule has 1 saturated heterocycles. The Kier molecular flexibility index (Phi) is 4.64. The zero-order valence-electron chi connectivity index (χ0n) is 13.1. The quantitative estimate of drug-likeness (QED) is 0.758. The Labute approximate surface area is 142 Å². The van der Waals surface area contributed by atoms with E-state index in [4.69, 9.17) is 10.00 Å². The van der Waals surface area contributed by atoms with Crippen molar-refractivity contribution in [1.29, 1.82) is 5.26 Å². The third-order valence-electron chi connectivity index (χ3n) is 4.10. The Morgan fingerprint density at radius 3 is 2.48 bits per heavy atom. The van der Waals surface area contributed by atoms with Gasteiger partial charge in [-0.05, 0) is 35.9 Å². The van der Waals surface area contributed by atoms with E-state index >= 15 is 0 Å². The van der Waals surface area contributed by atoms with Crippen molar-refractivity contribution in [1.82, 2.24) is 0 Å². The van der Waals surface area contributed by atoms with Gasteiger partial charge in [0, 0.05) is 18.8 Å². The van der Waals surface area contributed by atoms with Gasteiger partial charge in [0.05, 0.1) is 23.8 Å². The molecule has 1 fully saturated rings. The number of anilines is 1. The molecule has 2 aromatic carbocycles. The third kappa shape index (κ3) is 3.74. The number of hydrogen-bond donors (Lipinski definition) is 0. The molecular weight excluding hydrogens is 336 g/mol. The van der Waals surface area contributed by atoms with Crippen LogP contribution in [0.1, 0.15) is 22.8 Å². The maximum atomic E-state index is 13.1. The molecule has 0 spiro atoms. The van der Waals surface area contributed by atoms with E-state index in [9.17, 15) is 17.6 Å². The van der Waals surface area contributed by atoms with Crippen LogP contribution in [0.3, 0.4) is 0 Å². The van der Waals surface area contributed by atoms with Crippen molar-refractivity contribution in [2.24, 2.45) is 0 Å². The Morgan fingerprint density at radius 1 is 1.12 bits per heavy atom. The predicted molar refractivity (Wildman–Crippen MR) is 83.5 cm³/mol. The van der Waals surface area contributed by atoms with Crippen molar-refractivity contribution >= 4 is 5.69 Å². The highest BCUT2D eigenvalue weighted by Crippen LogP contribution is 2.35. The Balaban J connectivity index is 1.86. The second kappa shape index (κ2) is 6.73. The first-order valence-electron chi connectivity index (χ1n) is 7.62. The summed E-state index contributed by atoms with van der Waals surface area (Å²) >= 11 is 0. The molecule has 1 aliphatic rings. The summed E-state index contributed by atoms with van der Waals surface area (Å²) in [5, 5.41) is 8.88. The number of hydrogen-bond acceptors (Lipinski definition) is 3. The van der Waals surface area contributed by atoms with Gasteiger partial charge in [-0.15, -0.1) is 0 Å². The molecule has 0 N–H and O–H groups in total. The molecule has 130 valence electrons. The van der Waals surface area contributed by atoms with E-state index in [1.165, 1.54) is 24.3 Å². The van der Waals surface area contributed by atoms with E-state index in [-0.39, 0.29) is 11.9 Å². The number of alkyl halides is 3. The van der Waals surface area contributed by atoms with Crippen LogP contribution in [0, 0.1) is 17.1 Å². The van der Waals surface area contributed by atoms with Gasteiger partial charge in [-0.1, -0.05) is 12.1 Å². The second-order valence-electron chi connectivity index (χ2n) is 5.70. The van der Waals surface area contributed by atoms with Gasteiger partial charge < -0.3 is 9.64 Å². The summed E-state index contributed by atoms with van der Waals surface area (Å²) in [6.07, 6.45) is -4.96. The highest BCUT2D eigenvalue weighted by Gasteiger charge is 2.34. The highest BCUT2D eigenvalue weighted by molar-refractivity contribution is 5.55. The van der Waals surface area contributed by atoms with Crippen LogP contribution in [0.5, 0.6) is 0 Å². The average Bonchev–Trinajstić information content (AvgIpc) is 2.61. The van der Waals surface area contributed by atoms with Crippen LogP contribution in [-0.4, -0.2) is 19.7 Å². The first kappa shape index (κ1) is 17.2. The van der Waals surface area contributed by atoms with Gasteiger partial charge >= 0.3 is 6.18 Å². The summed E-state index contributed by atoms with van der Waals surface area (Å²) in [5.41, 5.74) is -0.213. The van der Waals surface area contributed by atoms with Crippen molar-refractivity contribution in [2.45, 2.75) is 12.3 Å². The highest BCUT2D eigenvalue weighted by atomic mass is 19.4. The zero-order valence-corrected chi connectivity index (χ0v) is 13.1. The van der Waals surface area contributed by atoms with Gasteiger partial charge in [0.25, 0.3) is 0 Å². The van der Waals surface area contributed by atoms with Crippen molar-refractivity contribution in [3.63, 3.8) is 0 Å². The number of halogens is 4. The van der Waals surface area contributed by atoms with Gasteiger partial charge in [0.2, 0.25) is 0 Å². The summed E-state index contributed by atoms with van der Waals surface area (Å²) in [6.45, 7) is 1.11. The number of benzene rings is 2. The van der Waals surface area contributed by atoms with Crippen LogP contribution in [0.2, 0.25) is 0 Å². The lowest BCUT2D eigenvalue weighted by atomic mass is 10.0. The average molecular weight is 350 g/mol. The van der Waals surface area contributed by atoms with Gasteiger partial charge in [-0.3, -0.25) is 0 Å². The van der Waals surface area contributed by atoms with Crippen molar-refractivity contribution < 1.29 is 22.3 Å². The fourth-order valence-corrected chi connectivity index (χ4v) is 2.82. The lowest BCUT2D eigenvalue weighted by Gasteiger charge is -2.35. The molecule has 0 bridgehead atoms. The van der Waals surface area contributed by atoms with Crippen LogP contribution in [0.25, 0.3) is 0 Å². The van der Waals surface area contributed by atoms with Crippen LogP contribution < -0.4 is 4.90 Å². The Hall–Kier alpha value is -2.59. The summed E-state index contributed by atoms with van der Waals surface area (Å²) in [7, 11) is 0. The topological polar surface area (TPSA) is 36.3 Å². The molecule has 25 heavy (non-hydrogen) atoms. The van der Waals surface area contributed by atoms with Gasteiger partial charge in [-0.2, -0.15) is 18.4 Å². The SMILES string of the molecule is N#Cc1ccc(N2CCOC(c3ccc(F)cc3)C2)cc1C(F)(F)F. The lowest BCUT2D eigenvalue weighted by Crippen LogP contribution is -2.38. The summed E-state index contributed by atoms with van der Waals surface area (Å²) < 4.78 is 58.1. The van der Waals surface area contributed by atoms with Crippen LogP contribution in [0.4, 0.5) is 23.2 Å². The maximum Gasteiger partial charge on any atom is 0.417 e. The van der Waals surface area contributed by atoms with Gasteiger partial charge in [0.15, 0.2) is 0 Å². The molecular formula is C18H14F4N2O. The van der Waals surface area contributed by atoms with E-state index in [0.717, 1.165) is 11.6 Å². The molecule has 0 saturated carbocycles. The molecule has 0 aromatic heterocycles. The van der Waals surface area contributed by atoms with Gasteiger partial charge in [-0.25, -0.2) is 4.39 Å². The van der Waals surface area contributed by atoms with E-state index in [0.29, 0.717) is 25.4 Å². The molecule has 3 rings (SSSR count). The number of nitriles is 1. The normalized spacial score (nSPS) is 18.0. The standard InChI is InChI=1S/C18H14F4N2O/c19-14-4-1-12(2-5-14)17-11-24(7-8-25-17)15-6-3-13(10-23)16(9-15)18(20,21)22/h1-6,9,17H,7-8,11H2. The number of rotatable bonds is 2. The molecule has 0 aliphatic carbocycles. The minimum atomic E-state index is -4.59. The molecule has 0 radical (unpaired) electrons. The Morgan fingerprint density at radius 2 is 1.84 bits per heavy atom. The van der Waals surface area contributed by atoms with Crippen LogP contribution in [0.15, 0.2) is 42.5 Å². The molecule has 3 nitrogen and oxygen atoms in total. The van der Waals surface area contributed by atoms with Crippen molar-refractivity contribution in [2.75, 3.05) is 24.6 Å². The Bertz CT molecular complexity index is 796. The van der Waals surface area contributed by atoms with E-state index < -0.39 is 17.3 Å². The van der Waals surface area contributed by atoms with E-state index in [1.807, 2.05) is 0 Å². The minimum absolute atomic E-state index is 0.337. The molecule has 0 amide bonds. The minimum Gasteiger partial charge on any atom is -0.370 e. The smallest absolute Gasteiger partial charge is 0.370 e. The largest absolute Gasteiger partial charge is 0.417 e. The fourth-order valence-electron chi connectivity index (χ4n) is 2.82. The summed E-state index contributed by atoms with van der Waals surface area (Å²) in [5.74, 6) is -0.363. The van der Waals surface area contributed by atoms with Crippen LogP contribution in [-0.2, 0) is 10.9 Å². The third-order valence-corrected chi connectivity index (χ3v) is 4.10. The molecule has 1 aliphatic heterocycles. The summed E-state index contributed by atoms with van der Waals surface area (Å²) in [6, 6.07) is 11.1. The first-order chi connectivity index (χ1) is 11.9. The maximum absolute atomic E-state index is 13.1. The second-order valence-corrected chi connectivity index (χ2v) is 5.70. The van der Waals surface area contributed by atoms with Crippen molar-refractivity contribution in [3.8, 4) is 6.07 Å². The summed E-state index contributed by atoms with van der Waals surface area (Å²) in [4.78, 5) is 1.77. The van der Waals surface area contributed by atoms with E-state index in [2.05, 4.69) is 0 Å². The predicted octanol–water partition coefficient (Wildman–Crippen LogP) is 4.29. The number of nitrogens with zero attached hydrogens (tertiary/aromatic N) is 2. The van der Waals surface area contributed by atoms with E-state index in [1.54, 1.807) is 23.1 Å². The number of morpholine rings is 1. The fraction of sp³-hybridized carbons (Fsp3) is 0.278. The molecule has 1 atom stereocenters. The lowest BCUT2D eigenvalue weighted by molar-refractivity contribution is -0.137. The first-order valence-corrected chi connectivity index (χ1v) is 7.62. The number of ether oxygens (including phenoxy) is 1. The van der Waals surface area contributed by atoms with Crippen molar-refractivity contribution in [3.05, 3.63) is 65.0 Å². The van der Waals surface area contributed by atoms with Crippen LogP contribution >= 0.6 is 0 Å². The zero-order chi connectivity index (χ0) is 18.0. The monoisotopic (exact) mass is 350 g/mol. The molecule has 1 heterocycles. The van der Waals surface area contributed by atoms with Gasteiger partial charge in [0.1, 0.15) is 11.9 Å². The molecule has 7 heteroatoms. The molecule has 1 unspecified atom stereocenters. The molecule has 2 aromatic rings.